The number of carboxylic acid groups (broad SMARTS) is 1. The molecule has 0 aliphatic carbocycles. The first-order valence-electron chi connectivity index (χ1n) is 5.61. The Balaban J connectivity index is 2.18. The van der Waals surface area contributed by atoms with E-state index in [1.165, 1.54) is 12.1 Å². The largest absolute Gasteiger partial charge is 0.478 e. The molecule has 4 nitrogen and oxygen atoms in total. The fraction of sp³-hybridized carbons (Fsp3) is 0.154. The SMILES string of the molecule is Cc1cc(Cl)nc(CSc2cc(C(=O)O)ccc2F)n1. The van der Waals surface area contributed by atoms with Crippen LogP contribution in [0.3, 0.4) is 0 Å². The van der Waals surface area contributed by atoms with Gasteiger partial charge in [0, 0.05) is 10.6 Å². The van der Waals surface area contributed by atoms with E-state index in [2.05, 4.69) is 9.97 Å². The van der Waals surface area contributed by atoms with Crippen LogP contribution in [0.2, 0.25) is 5.15 Å². The summed E-state index contributed by atoms with van der Waals surface area (Å²) in [6.07, 6.45) is 0. The number of hydrogen-bond donors (Lipinski definition) is 1. The summed E-state index contributed by atoms with van der Waals surface area (Å²) >= 11 is 6.94. The molecule has 1 aromatic carbocycles. The molecule has 0 atom stereocenters. The maximum Gasteiger partial charge on any atom is 0.335 e. The molecular weight excluding hydrogens is 303 g/mol. The number of aryl methyl sites for hydroxylation is 1. The van der Waals surface area contributed by atoms with Gasteiger partial charge < -0.3 is 5.11 Å². The Hall–Kier alpha value is -1.66. The van der Waals surface area contributed by atoms with Gasteiger partial charge in [-0.3, -0.25) is 0 Å². The van der Waals surface area contributed by atoms with Crippen LogP contribution in [-0.4, -0.2) is 21.0 Å². The number of carbonyl (C=O) groups is 1. The highest BCUT2D eigenvalue weighted by atomic mass is 35.5. The summed E-state index contributed by atoms with van der Waals surface area (Å²) in [6.45, 7) is 1.79. The molecule has 0 aliphatic rings. The van der Waals surface area contributed by atoms with Crippen LogP contribution in [0.5, 0.6) is 0 Å². The first-order chi connectivity index (χ1) is 9.45. The Bertz CT molecular complexity index is 647. The molecule has 0 fully saturated rings. The average Bonchev–Trinajstić information content (AvgIpc) is 2.36. The van der Waals surface area contributed by atoms with Crippen molar-refractivity contribution >= 4 is 29.3 Å². The van der Waals surface area contributed by atoms with Crippen LogP contribution in [0.1, 0.15) is 21.9 Å². The minimum atomic E-state index is -1.10. The van der Waals surface area contributed by atoms with Gasteiger partial charge in [-0.2, -0.15) is 0 Å². The summed E-state index contributed by atoms with van der Waals surface area (Å²) in [5.41, 5.74) is 0.762. The topological polar surface area (TPSA) is 63.1 Å². The lowest BCUT2D eigenvalue weighted by Crippen LogP contribution is -1.98. The highest BCUT2D eigenvalue weighted by molar-refractivity contribution is 7.98. The van der Waals surface area contributed by atoms with Gasteiger partial charge in [-0.05, 0) is 31.2 Å². The van der Waals surface area contributed by atoms with Crippen molar-refractivity contribution in [3.05, 3.63) is 52.3 Å². The van der Waals surface area contributed by atoms with Crippen LogP contribution in [0, 0.1) is 12.7 Å². The van der Waals surface area contributed by atoms with Gasteiger partial charge in [0.25, 0.3) is 0 Å². The van der Waals surface area contributed by atoms with Crippen molar-refractivity contribution in [2.24, 2.45) is 0 Å². The van der Waals surface area contributed by atoms with Gasteiger partial charge >= 0.3 is 5.97 Å². The van der Waals surface area contributed by atoms with Crippen LogP contribution in [-0.2, 0) is 5.75 Å². The van der Waals surface area contributed by atoms with Gasteiger partial charge in [0.05, 0.1) is 11.3 Å². The number of halogens is 2. The first kappa shape index (κ1) is 14.7. The van der Waals surface area contributed by atoms with Crippen molar-refractivity contribution in [2.75, 3.05) is 0 Å². The van der Waals surface area contributed by atoms with Gasteiger partial charge in [-0.15, -0.1) is 11.8 Å². The third-order valence-electron chi connectivity index (χ3n) is 2.40. The summed E-state index contributed by atoms with van der Waals surface area (Å²) in [5.74, 6) is -0.790. The number of aromatic nitrogens is 2. The smallest absolute Gasteiger partial charge is 0.335 e. The first-order valence-corrected chi connectivity index (χ1v) is 6.98. The molecule has 2 rings (SSSR count). The normalized spacial score (nSPS) is 10.6. The molecular formula is C13H10ClFN2O2S. The molecule has 0 saturated carbocycles. The predicted octanol–water partition coefficient (Wildman–Crippen LogP) is 3.57. The van der Waals surface area contributed by atoms with E-state index in [0.717, 1.165) is 23.5 Å². The second-order valence-electron chi connectivity index (χ2n) is 3.99. The number of thioether (sulfide) groups is 1. The zero-order chi connectivity index (χ0) is 14.7. The standard InChI is InChI=1S/C13H10ClFN2O2S/c1-7-4-11(14)17-12(16-7)6-20-10-5-8(13(18)19)2-3-9(10)15/h2-5H,6H2,1H3,(H,18,19). The molecule has 0 amide bonds. The van der Waals surface area contributed by atoms with Crippen molar-refractivity contribution in [3.8, 4) is 0 Å². The fourth-order valence-electron chi connectivity index (χ4n) is 1.54. The summed E-state index contributed by atoms with van der Waals surface area (Å²) in [7, 11) is 0. The molecule has 0 spiro atoms. The monoisotopic (exact) mass is 312 g/mol. The molecule has 0 bridgehead atoms. The predicted molar refractivity (Wildman–Crippen MR) is 74.7 cm³/mol. The lowest BCUT2D eigenvalue weighted by Gasteiger charge is -2.05. The Morgan fingerprint density at radius 2 is 2.15 bits per heavy atom. The van der Waals surface area contributed by atoms with E-state index in [4.69, 9.17) is 16.7 Å². The molecule has 0 saturated heterocycles. The molecule has 20 heavy (non-hydrogen) atoms. The molecule has 7 heteroatoms. The minimum absolute atomic E-state index is 0.0390. The number of rotatable bonds is 4. The molecule has 0 unspecified atom stereocenters. The maximum atomic E-state index is 13.6. The van der Waals surface area contributed by atoms with Gasteiger partial charge in [0.1, 0.15) is 16.8 Å². The van der Waals surface area contributed by atoms with E-state index < -0.39 is 11.8 Å². The zero-order valence-electron chi connectivity index (χ0n) is 10.4. The molecule has 1 heterocycles. The van der Waals surface area contributed by atoms with Crippen molar-refractivity contribution in [1.82, 2.24) is 9.97 Å². The van der Waals surface area contributed by atoms with E-state index in [-0.39, 0.29) is 10.5 Å². The van der Waals surface area contributed by atoms with E-state index in [0.29, 0.717) is 16.7 Å². The Kier molecular flexibility index (Phi) is 4.57. The second-order valence-corrected chi connectivity index (χ2v) is 5.39. The van der Waals surface area contributed by atoms with Gasteiger partial charge in [-0.25, -0.2) is 19.2 Å². The van der Waals surface area contributed by atoms with E-state index in [1.807, 2.05) is 0 Å². The average molecular weight is 313 g/mol. The number of nitrogens with zero attached hydrogens (tertiary/aromatic N) is 2. The number of carboxylic acids is 1. The van der Waals surface area contributed by atoms with Crippen LogP contribution in [0.15, 0.2) is 29.2 Å². The van der Waals surface area contributed by atoms with E-state index in [1.54, 1.807) is 13.0 Å². The quantitative estimate of drug-likeness (QED) is 0.690. The molecule has 1 aromatic heterocycles. The highest BCUT2D eigenvalue weighted by Crippen LogP contribution is 2.26. The van der Waals surface area contributed by atoms with E-state index >= 15 is 0 Å². The summed E-state index contributed by atoms with van der Waals surface area (Å²) in [6, 6.07) is 5.28. The Labute approximate surface area is 124 Å². The highest BCUT2D eigenvalue weighted by Gasteiger charge is 2.10. The lowest BCUT2D eigenvalue weighted by molar-refractivity contribution is 0.0696. The third-order valence-corrected chi connectivity index (χ3v) is 3.62. The molecule has 0 radical (unpaired) electrons. The number of hydrogen-bond acceptors (Lipinski definition) is 4. The van der Waals surface area contributed by atoms with Crippen LogP contribution in [0.25, 0.3) is 0 Å². The Morgan fingerprint density at radius 1 is 1.40 bits per heavy atom. The van der Waals surface area contributed by atoms with Gasteiger partial charge in [0.2, 0.25) is 0 Å². The lowest BCUT2D eigenvalue weighted by atomic mass is 10.2. The number of benzene rings is 1. The fourth-order valence-corrected chi connectivity index (χ4v) is 2.63. The van der Waals surface area contributed by atoms with Crippen LogP contribution >= 0.6 is 23.4 Å². The van der Waals surface area contributed by atoms with Crippen molar-refractivity contribution < 1.29 is 14.3 Å². The molecule has 0 aliphatic heterocycles. The molecule has 1 N–H and O–H groups in total. The summed E-state index contributed by atoms with van der Waals surface area (Å²) in [4.78, 5) is 19.3. The van der Waals surface area contributed by atoms with Crippen LogP contribution in [0.4, 0.5) is 4.39 Å². The minimum Gasteiger partial charge on any atom is -0.478 e. The molecule has 104 valence electrons. The summed E-state index contributed by atoms with van der Waals surface area (Å²) < 4.78 is 13.6. The maximum absolute atomic E-state index is 13.6. The number of aromatic carboxylic acids is 1. The van der Waals surface area contributed by atoms with Gasteiger partial charge in [0.15, 0.2) is 0 Å². The second kappa shape index (κ2) is 6.19. The molecule has 2 aromatic rings. The third kappa shape index (κ3) is 3.68. The van der Waals surface area contributed by atoms with Gasteiger partial charge in [-0.1, -0.05) is 11.6 Å². The summed E-state index contributed by atoms with van der Waals surface area (Å²) in [5, 5.41) is 9.21. The van der Waals surface area contributed by atoms with Crippen LogP contribution < -0.4 is 0 Å². The zero-order valence-corrected chi connectivity index (χ0v) is 12.0. The Morgan fingerprint density at radius 3 is 2.80 bits per heavy atom. The van der Waals surface area contributed by atoms with Crippen molar-refractivity contribution in [3.63, 3.8) is 0 Å². The van der Waals surface area contributed by atoms with Crippen molar-refractivity contribution in [1.29, 1.82) is 0 Å². The van der Waals surface area contributed by atoms with Crippen molar-refractivity contribution in [2.45, 2.75) is 17.6 Å². The van der Waals surface area contributed by atoms with E-state index in [9.17, 15) is 9.18 Å².